The lowest BCUT2D eigenvalue weighted by atomic mass is 9.92. The Morgan fingerprint density at radius 3 is 2.24 bits per heavy atom. The van der Waals surface area contributed by atoms with Gasteiger partial charge in [-0.25, -0.2) is 8.78 Å². The van der Waals surface area contributed by atoms with Gasteiger partial charge in [0.1, 0.15) is 0 Å². The molecule has 0 saturated heterocycles. The van der Waals surface area contributed by atoms with Crippen LogP contribution in [0.4, 0.5) is 8.78 Å². The standard InChI is InChI=1S/C18H21F2N/c1-3-12-5-7-14(4-2)15(9-12)18(21)11-13-6-8-16(19)17(20)10-13/h5-10,18H,3-4,11,21H2,1-2H3. The largest absolute Gasteiger partial charge is 0.324 e. The van der Waals surface area contributed by atoms with Crippen molar-refractivity contribution in [3.8, 4) is 0 Å². The Morgan fingerprint density at radius 1 is 0.905 bits per heavy atom. The summed E-state index contributed by atoms with van der Waals surface area (Å²) in [6.45, 7) is 4.19. The van der Waals surface area contributed by atoms with Crippen LogP contribution in [0.25, 0.3) is 0 Å². The van der Waals surface area contributed by atoms with Crippen LogP contribution in [0.1, 0.15) is 42.1 Å². The number of aryl methyl sites for hydroxylation is 2. The second kappa shape index (κ2) is 6.81. The molecule has 0 saturated carbocycles. The predicted octanol–water partition coefficient (Wildman–Crippen LogP) is 4.33. The minimum absolute atomic E-state index is 0.212. The molecule has 0 spiro atoms. The van der Waals surface area contributed by atoms with Gasteiger partial charge in [-0.15, -0.1) is 0 Å². The van der Waals surface area contributed by atoms with E-state index in [1.54, 1.807) is 6.07 Å². The van der Waals surface area contributed by atoms with E-state index in [0.29, 0.717) is 12.0 Å². The van der Waals surface area contributed by atoms with E-state index in [9.17, 15) is 8.78 Å². The van der Waals surface area contributed by atoms with Gasteiger partial charge in [0, 0.05) is 6.04 Å². The number of halogens is 2. The molecule has 0 bridgehead atoms. The van der Waals surface area contributed by atoms with E-state index in [1.807, 2.05) is 0 Å². The van der Waals surface area contributed by atoms with Crippen molar-refractivity contribution in [3.63, 3.8) is 0 Å². The van der Waals surface area contributed by atoms with Gasteiger partial charge >= 0.3 is 0 Å². The van der Waals surface area contributed by atoms with Crippen LogP contribution in [0.2, 0.25) is 0 Å². The Hall–Kier alpha value is -1.74. The highest BCUT2D eigenvalue weighted by Gasteiger charge is 2.13. The van der Waals surface area contributed by atoms with Gasteiger partial charge < -0.3 is 5.73 Å². The van der Waals surface area contributed by atoms with Gasteiger partial charge in [-0.1, -0.05) is 38.1 Å². The molecule has 1 unspecified atom stereocenters. The quantitative estimate of drug-likeness (QED) is 0.871. The normalized spacial score (nSPS) is 12.4. The minimum Gasteiger partial charge on any atom is -0.324 e. The van der Waals surface area contributed by atoms with E-state index in [2.05, 4.69) is 32.0 Å². The van der Waals surface area contributed by atoms with Crippen LogP contribution >= 0.6 is 0 Å². The highest BCUT2D eigenvalue weighted by atomic mass is 19.2. The molecule has 0 aliphatic heterocycles. The maximum absolute atomic E-state index is 13.3. The van der Waals surface area contributed by atoms with Crippen molar-refractivity contribution in [2.75, 3.05) is 0 Å². The molecule has 21 heavy (non-hydrogen) atoms. The van der Waals surface area contributed by atoms with E-state index < -0.39 is 11.6 Å². The molecular formula is C18H21F2N. The number of rotatable bonds is 5. The Bertz CT molecular complexity index is 623. The van der Waals surface area contributed by atoms with Crippen LogP contribution in [-0.2, 0) is 19.3 Å². The number of nitrogens with two attached hydrogens (primary N) is 1. The van der Waals surface area contributed by atoms with E-state index in [-0.39, 0.29) is 6.04 Å². The van der Waals surface area contributed by atoms with Crippen molar-refractivity contribution >= 4 is 0 Å². The van der Waals surface area contributed by atoms with Gasteiger partial charge in [0.25, 0.3) is 0 Å². The van der Waals surface area contributed by atoms with Gasteiger partial charge in [-0.2, -0.15) is 0 Å². The van der Waals surface area contributed by atoms with Crippen molar-refractivity contribution < 1.29 is 8.78 Å². The molecule has 0 aromatic heterocycles. The summed E-state index contributed by atoms with van der Waals surface area (Å²) in [6, 6.07) is 10.1. The summed E-state index contributed by atoms with van der Waals surface area (Å²) >= 11 is 0. The summed E-state index contributed by atoms with van der Waals surface area (Å²) in [4.78, 5) is 0. The van der Waals surface area contributed by atoms with Crippen LogP contribution in [-0.4, -0.2) is 0 Å². The first kappa shape index (κ1) is 15.6. The molecule has 2 N–H and O–H groups in total. The highest BCUT2D eigenvalue weighted by Crippen LogP contribution is 2.23. The van der Waals surface area contributed by atoms with Crippen molar-refractivity contribution in [1.29, 1.82) is 0 Å². The average Bonchev–Trinajstić information content (AvgIpc) is 2.50. The fourth-order valence-corrected chi connectivity index (χ4v) is 2.56. The zero-order valence-corrected chi connectivity index (χ0v) is 12.5. The van der Waals surface area contributed by atoms with Crippen LogP contribution in [0.15, 0.2) is 36.4 Å². The smallest absolute Gasteiger partial charge is 0.159 e. The zero-order chi connectivity index (χ0) is 15.4. The molecule has 2 rings (SSSR count). The van der Waals surface area contributed by atoms with Crippen molar-refractivity contribution in [1.82, 2.24) is 0 Å². The molecule has 1 atom stereocenters. The molecule has 0 aliphatic carbocycles. The van der Waals surface area contributed by atoms with E-state index >= 15 is 0 Å². The van der Waals surface area contributed by atoms with Crippen LogP contribution < -0.4 is 5.73 Å². The van der Waals surface area contributed by atoms with Crippen molar-refractivity contribution in [2.24, 2.45) is 5.73 Å². The second-order valence-electron chi connectivity index (χ2n) is 5.30. The summed E-state index contributed by atoms with van der Waals surface area (Å²) in [7, 11) is 0. The summed E-state index contributed by atoms with van der Waals surface area (Å²) in [6.07, 6.45) is 2.36. The molecule has 2 aromatic rings. The van der Waals surface area contributed by atoms with Gasteiger partial charge in [-0.3, -0.25) is 0 Å². The molecule has 112 valence electrons. The fourth-order valence-electron chi connectivity index (χ4n) is 2.56. The van der Waals surface area contributed by atoms with Gasteiger partial charge in [0.15, 0.2) is 11.6 Å². The number of hydrogen-bond donors (Lipinski definition) is 1. The minimum atomic E-state index is -0.824. The molecule has 1 nitrogen and oxygen atoms in total. The molecule has 0 radical (unpaired) electrons. The van der Waals surface area contributed by atoms with E-state index in [4.69, 9.17) is 5.73 Å². The SMILES string of the molecule is CCc1ccc(CC)c(C(N)Cc2ccc(F)c(F)c2)c1. The summed E-state index contributed by atoms with van der Waals surface area (Å²) in [5, 5.41) is 0. The third-order valence-corrected chi connectivity index (χ3v) is 3.84. The first-order valence-corrected chi connectivity index (χ1v) is 7.36. The second-order valence-corrected chi connectivity index (χ2v) is 5.30. The summed E-state index contributed by atoms with van der Waals surface area (Å²) < 4.78 is 26.3. The van der Waals surface area contributed by atoms with Gasteiger partial charge in [0.05, 0.1) is 0 Å². The monoisotopic (exact) mass is 289 g/mol. The Morgan fingerprint density at radius 2 is 1.62 bits per heavy atom. The van der Waals surface area contributed by atoms with Crippen LogP contribution in [0.3, 0.4) is 0 Å². The lowest BCUT2D eigenvalue weighted by molar-refractivity contribution is 0.506. The maximum atomic E-state index is 13.3. The molecule has 2 aromatic carbocycles. The van der Waals surface area contributed by atoms with Crippen molar-refractivity contribution in [3.05, 3.63) is 70.3 Å². The van der Waals surface area contributed by atoms with Crippen LogP contribution in [0, 0.1) is 11.6 Å². The molecular weight excluding hydrogens is 268 g/mol. The third-order valence-electron chi connectivity index (χ3n) is 3.84. The van der Waals surface area contributed by atoms with Gasteiger partial charge in [-0.05, 0) is 53.6 Å². The molecule has 0 heterocycles. The molecule has 0 aliphatic rings. The lowest BCUT2D eigenvalue weighted by Gasteiger charge is -2.17. The third kappa shape index (κ3) is 3.67. The molecule has 0 fully saturated rings. The van der Waals surface area contributed by atoms with Gasteiger partial charge in [0.2, 0.25) is 0 Å². The summed E-state index contributed by atoms with van der Waals surface area (Å²) in [5.41, 5.74) is 10.6. The first-order valence-electron chi connectivity index (χ1n) is 7.36. The highest BCUT2D eigenvalue weighted by molar-refractivity contribution is 5.35. The number of hydrogen-bond acceptors (Lipinski definition) is 1. The maximum Gasteiger partial charge on any atom is 0.159 e. The predicted molar refractivity (Wildman–Crippen MR) is 82.2 cm³/mol. The topological polar surface area (TPSA) is 26.0 Å². The zero-order valence-electron chi connectivity index (χ0n) is 12.5. The van der Waals surface area contributed by atoms with Crippen molar-refractivity contribution in [2.45, 2.75) is 39.2 Å². The average molecular weight is 289 g/mol. The molecule has 0 amide bonds. The Labute approximate surface area is 124 Å². The lowest BCUT2D eigenvalue weighted by Crippen LogP contribution is -2.16. The van der Waals surface area contributed by atoms with E-state index in [1.165, 1.54) is 17.2 Å². The first-order chi connectivity index (χ1) is 10.0. The number of benzene rings is 2. The Kier molecular flexibility index (Phi) is 5.07. The van der Waals surface area contributed by atoms with Crippen LogP contribution in [0.5, 0.6) is 0 Å². The molecule has 3 heteroatoms. The fraction of sp³-hybridized carbons (Fsp3) is 0.333. The Balaban J connectivity index is 2.26. The van der Waals surface area contributed by atoms with E-state index in [0.717, 1.165) is 24.5 Å². The summed E-state index contributed by atoms with van der Waals surface area (Å²) in [5.74, 6) is -1.65.